The lowest BCUT2D eigenvalue weighted by Gasteiger charge is -2.13. The zero-order valence-corrected chi connectivity index (χ0v) is 16.9. The third-order valence-corrected chi connectivity index (χ3v) is 5.02. The third-order valence-electron chi connectivity index (χ3n) is 5.02. The molecule has 0 bridgehead atoms. The van der Waals surface area contributed by atoms with Gasteiger partial charge in [-0.05, 0) is 34.5 Å². The summed E-state index contributed by atoms with van der Waals surface area (Å²) in [6.07, 6.45) is 1.61. The molecule has 0 N–H and O–H groups in total. The van der Waals surface area contributed by atoms with Crippen LogP contribution in [0.15, 0.2) is 84.9 Å². The molecule has 0 aromatic heterocycles. The van der Waals surface area contributed by atoms with Crippen LogP contribution in [0.25, 0.3) is 22.4 Å². The lowest BCUT2D eigenvalue weighted by Crippen LogP contribution is -1.99. The summed E-state index contributed by atoms with van der Waals surface area (Å²) in [5.41, 5.74) is 1.62. The molecule has 0 aliphatic heterocycles. The van der Waals surface area contributed by atoms with Crippen LogP contribution in [0.2, 0.25) is 0 Å². The van der Waals surface area contributed by atoms with Gasteiger partial charge in [-0.1, -0.05) is 60.7 Å². The normalized spacial score (nSPS) is 11.2. The molecule has 0 spiro atoms. The van der Waals surface area contributed by atoms with E-state index in [1.54, 1.807) is 42.5 Å². The summed E-state index contributed by atoms with van der Waals surface area (Å²) in [7, 11) is 0. The second-order valence-electron chi connectivity index (χ2n) is 7.06. The van der Waals surface area contributed by atoms with Gasteiger partial charge >= 0.3 is 0 Å². The van der Waals surface area contributed by atoms with Gasteiger partial charge in [0.1, 0.15) is 18.2 Å². The summed E-state index contributed by atoms with van der Waals surface area (Å²) >= 11 is 0. The van der Waals surface area contributed by atoms with Gasteiger partial charge in [-0.25, -0.2) is 4.39 Å². The third kappa shape index (κ3) is 4.32. The summed E-state index contributed by atoms with van der Waals surface area (Å²) in [6.45, 7) is 0.0996. The fourth-order valence-electron chi connectivity index (χ4n) is 3.47. The minimum absolute atomic E-state index is 0.0175. The standard InChI is InChI=1S/C26H17FN2O3/c27-25-11-4-3-10-23(25)20(16-28)15-24-22-9-2-1-7-19(22)12-13-26(24)32-17-18-6-5-8-21(14-18)29(30)31/h1-15H,17H2/b20-15-. The minimum Gasteiger partial charge on any atom is -0.488 e. The van der Waals surface area contributed by atoms with E-state index in [2.05, 4.69) is 6.07 Å². The van der Waals surface area contributed by atoms with Crippen LogP contribution < -0.4 is 4.74 Å². The first-order valence-electron chi connectivity index (χ1n) is 9.81. The van der Waals surface area contributed by atoms with Gasteiger partial charge in [0.2, 0.25) is 0 Å². The van der Waals surface area contributed by atoms with Crippen molar-refractivity contribution < 1.29 is 14.1 Å². The van der Waals surface area contributed by atoms with Crippen molar-refractivity contribution >= 4 is 28.1 Å². The average Bonchev–Trinajstić information content (AvgIpc) is 2.82. The van der Waals surface area contributed by atoms with Crippen LogP contribution in [0.1, 0.15) is 16.7 Å². The molecular formula is C26H17FN2O3. The van der Waals surface area contributed by atoms with Gasteiger partial charge in [-0.15, -0.1) is 0 Å². The van der Waals surface area contributed by atoms with Crippen molar-refractivity contribution in [3.05, 3.63) is 118 Å². The van der Waals surface area contributed by atoms with E-state index >= 15 is 0 Å². The molecule has 0 aliphatic carbocycles. The molecule has 0 fully saturated rings. The molecule has 4 rings (SSSR count). The highest BCUT2D eigenvalue weighted by molar-refractivity contribution is 6.00. The number of nitro benzene ring substituents is 1. The minimum atomic E-state index is -0.486. The predicted molar refractivity (Wildman–Crippen MR) is 121 cm³/mol. The van der Waals surface area contributed by atoms with Crippen molar-refractivity contribution in [1.82, 2.24) is 0 Å². The molecule has 0 unspecified atom stereocenters. The predicted octanol–water partition coefficient (Wildman–Crippen LogP) is 6.53. The number of nitro groups is 1. The van der Waals surface area contributed by atoms with E-state index in [0.717, 1.165) is 10.8 Å². The monoisotopic (exact) mass is 424 g/mol. The number of hydrogen-bond donors (Lipinski definition) is 0. The van der Waals surface area contributed by atoms with Crippen LogP contribution in [-0.2, 0) is 6.61 Å². The Labute approximate surface area is 183 Å². The van der Waals surface area contributed by atoms with Crippen LogP contribution in [0, 0.1) is 27.3 Å². The molecule has 6 heteroatoms. The second kappa shape index (κ2) is 9.11. The Bertz CT molecular complexity index is 1390. The van der Waals surface area contributed by atoms with E-state index in [-0.39, 0.29) is 23.4 Å². The van der Waals surface area contributed by atoms with Crippen molar-refractivity contribution in [3.8, 4) is 11.8 Å². The highest BCUT2D eigenvalue weighted by Gasteiger charge is 2.13. The largest absolute Gasteiger partial charge is 0.488 e. The van der Waals surface area contributed by atoms with Gasteiger partial charge < -0.3 is 4.74 Å². The number of nitriles is 1. The Morgan fingerprint density at radius 1 is 1.03 bits per heavy atom. The van der Waals surface area contributed by atoms with Crippen molar-refractivity contribution in [2.75, 3.05) is 0 Å². The number of benzene rings is 4. The van der Waals surface area contributed by atoms with Crippen molar-refractivity contribution in [2.45, 2.75) is 6.61 Å². The first kappa shape index (κ1) is 20.8. The summed E-state index contributed by atoms with van der Waals surface area (Å²) < 4.78 is 20.3. The lowest BCUT2D eigenvalue weighted by atomic mass is 9.98. The van der Waals surface area contributed by atoms with E-state index in [1.165, 1.54) is 18.2 Å². The molecule has 0 saturated carbocycles. The molecule has 156 valence electrons. The SMILES string of the molecule is N#C/C(=C/c1c(OCc2cccc([N+](=O)[O-])c2)ccc2ccccc12)c1ccccc1F. The molecule has 0 radical (unpaired) electrons. The maximum atomic E-state index is 14.3. The van der Waals surface area contributed by atoms with Crippen molar-refractivity contribution in [1.29, 1.82) is 5.26 Å². The molecule has 0 amide bonds. The molecular weight excluding hydrogens is 407 g/mol. The summed E-state index contributed by atoms with van der Waals surface area (Å²) in [4.78, 5) is 10.6. The van der Waals surface area contributed by atoms with E-state index < -0.39 is 10.7 Å². The number of rotatable bonds is 6. The molecule has 4 aromatic rings. The van der Waals surface area contributed by atoms with Crippen LogP contribution in [0.4, 0.5) is 10.1 Å². The van der Waals surface area contributed by atoms with Crippen LogP contribution in [-0.4, -0.2) is 4.92 Å². The van der Waals surface area contributed by atoms with Gasteiger partial charge in [0.05, 0.1) is 16.6 Å². The maximum Gasteiger partial charge on any atom is 0.269 e. The van der Waals surface area contributed by atoms with E-state index in [0.29, 0.717) is 16.9 Å². The highest BCUT2D eigenvalue weighted by atomic mass is 19.1. The highest BCUT2D eigenvalue weighted by Crippen LogP contribution is 2.33. The zero-order valence-electron chi connectivity index (χ0n) is 16.9. The Morgan fingerprint density at radius 2 is 1.81 bits per heavy atom. The lowest BCUT2D eigenvalue weighted by molar-refractivity contribution is -0.384. The van der Waals surface area contributed by atoms with Crippen LogP contribution in [0.3, 0.4) is 0 Å². The van der Waals surface area contributed by atoms with E-state index in [9.17, 15) is 19.8 Å². The Hall–Kier alpha value is -4.50. The number of fused-ring (bicyclic) bond motifs is 1. The van der Waals surface area contributed by atoms with Gasteiger partial charge in [-0.2, -0.15) is 5.26 Å². The Balaban J connectivity index is 1.78. The molecule has 5 nitrogen and oxygen atoms in total. The quantitative estimate of drug-likeness (QED) is 0.153. The van der Waals surface area contributed by atoms with Gasteiger partial charge in [0, 0.05) is 23.3 Å². The molecule has 0 aliphatic rings. The van der Waals surface area contributed by atoms with Crippen molar-refractivity contribution in [3.63, 3.8) is 0 Å². The summed E-state index contributed by atoms with van der Waals surface area (Å²) in [5, 5.41) is 22.5. The fourth-order valence-corrected chi connectivity index (χ4v) is 3.47. The molecule has 32 heavy (non-hydrogen) atoms. The number of nitrogens with zero attached hydrogens (tertiary/aromatic N) is 2. The van der Waals surface area contributed by atoms with Crippen LogP contribution in [0.5, 0.6) is 5.75 Å². The number of ether oxygens (including phenoxy) is 1. The first-order valence-corrected chi connectivity index (χ1v) is 9.81. The van der Waals surface area contributed by atoms with Gasteiger partial charge in [0.15, 0.2) is 0 Å². The maximum absolute atomic E-state index is 14.3. The Kier molecular flexibility index (Phi) is 5.91. The molecule has 4 aromatic carbocycles. The van der Waals surface area contributed by atoms with Crippen molar-refractivity contribution in [2.24, 2.45) is 0 Å². The Morgan fingerprint density at radius 3 is 2.59 bits per heavy atom. The smallest absolute Gasteiger partial charge is 0.269 e. The summed E-state index contributed by atoms with van der Waals surface area (Å²) in [5.74, 6) is -0.00102. The molecule has 0 atom stereocenters. The van der Waals surface area contributed by atoms with E-state index in [1.807, 2.05) is 30.3 Å². The topological polar surface area (TPSA) is 76.2 Å². The number of allylic oxidation sites excluding steroid dienone is 1. The fraction of sp³-hybridized carbons (Fsp3) is 0.0385. The zero-order chi connectivity index (χ0) is 22.5. The number of halogens is 1. The second-order valence-corrected chi connectivity index (χ2v) is 7.06. The number of hydrogen-bond acceptors (Lipinski definition) is 4. The summed E-state index contributed by atoms with van der Waals surface area (Å²) in [6, 6.07) is 25.7. The first-order chi connectivity index (χ1) is 15.6. The van der Waals surface area contributed by atoms with Crippen LogP contribution >= 0.6 is 0 Å². The van der Waals surface area contributed by atoms with Gasteiger partial charge in [-0.3, -0.25) is 10.1 Å². The number of non-ortho nitro benzene ring substituents is 1. The molecule has 0 saturated heterocycles. The van der Waals surface area contributed by atoms with Gasteiger partial charge in [0.25, 0.3) is 5.69 Å². The average molecular weight is 424 g/mol. The molecule has 0 heterocycles. The van der Waals surface area contributed by atoms with E-state index in [4.69, 9.17) is 4.74 Å².